The third-order valence-corrected chi connectivity index (χ3v) is 3.72. The van der Waals surface area contributed by atoms with Crippen LogP contribution in [-0.2, 0) is 16.0 Å². The number of aryl methyl sites for hydroxylation is 1. The number of hydrogen-bond acceptors (Lipinski definition) is 2. The predicted octanol–water partition coefficient (Wildman–Crippen LogP) is 2.65. The van der Waals surface area contributed by atoms with Gasteiger partial charge in [0.25, 0.3) is 0 Å². The summed E-state index contributed by atoms with van der Waals surface area (Å²) in [5, 5.41) is 3.03. The topological polar surface area (TPSA) is 38.3 Å². The van der Waals surface area contributed by atoms with Crippen molar-refractivity contribution in [2.45, 2.75) is 38.5 Å². The van der Waals surface area contributed by atoms with Crippen LogP contribution in [0.3, 0.4) is 0 Å². The van der Waals surface area contributed by atoms with Gasteiger partial charge in [0.15, 0.2) is 0 Å². The number of nitrogens with one attached hydrogen (secondary N) is 1. The molecule has 1 N–H and O–H groups in total. The monoisotopic (exact) mass is 261 g/mol. The summed E-state index contributed by atoms with van der Waals surface area (Å²) in [6.07, 6.45) is 4.02. The fraction of sp³-hybridized carbons (Fsp3) is 0.562. The molecule has 1 amide bonds. The molecule has 1 aromatic rings. The second-order valence-corrected chi connectivity index (χ2v) is 5.04. The summed E-state index contributed by atoms with van der Waals surface area (Å²) >= 11 is 0. The standard InChI is InChI=1S/C16H23NO2/c1-2-19-11-10-16(18)17-12-14-8-5-7-13-6-3-4-9-15(13)14/h3-4,6,9,14H,2,5,7-8,10-12H2,1H3,(H,17,18)/t14-/m1/s1. The van der Waals surface area contributed by atoms with Crippen LogP contribution in [0.15, 0.2) is 24.3 Å². The Kier molecular flexibility index (Phi) is 5.40. The summed E-state index contributed by atoms with van der Waals surface area (Å²) in [5.74, 6) is 0.567. The summed E-state index contributed by atoms with van der Waals surface area (Å²) in [4.78, 5) is 11.7. The van der Waals surface area contributed by atoms with Crippen LogP contribution < -0.4 is 5.32 Å². The number of carbonyl (C=O) groups excluding carboxylic acids is 1. The van der Waals surface area contributed by atoms with Crippen molar-refractivity contribution >= 4 is 5.91 Å². The molecule has 0 saturated carbocycles. The quantitative estimate of drug-likeness (QED) is 0.799. The number of ether oxygens (including phenoxy) is 1. The zero-order chi connectivity index (χ0) is 13.5. The largest absolute Gasteiger partial charge is 0.381 e. The third-order valence-electron chi connectivity index (χ3n) is 3.72. The highest BCUT2D eigenvalue weighted by molar-refractivity contribution is 5.76. The molecule has 0 heterocycles. The van der Waals surface area contributed by atoms with Crippen LogP contribution in [0.2, 0.25) is 0 Å². The van der Waals surface area contributed by atoms with E-state index >= 15 is 0 Å². The highest BCUT2D eigenvalue weighted by Gasteiger charge is 2.19. The van der Waals surface area contributed by atoms with Gasteiger partial charge in [0, 0.05) is 25.5 Å². The lowest BCUT2D eigenvalue weighted by Crippen LogP contribution is -2.30. The zero-order valence-corrected chi connectivity index (χ0v) is 11.7. The smallest absolute Gasteiger partial charge is 0.222 e. The van der Waals surface area contributed by atoms with E-state index in [2.05, 4.69) is 29.6 Å². The Balaban J connectivity index is 1.82. The van der Waals surface area contributed by atoms with Gasteiger partial charge in [-0.15, -0.1) is 0 Å². The van der Waals surface area contributed by atoms with E-state index in [-0.39, 0.29) is 5.91 Å². The Morgan fingerprint density at radius 3 is 3.11 bits per heavy atom. The van der Waals surface area contributed by atoms with Gasteiger partial charge >= 0.3 is 0 Å². The van der Waals surface area contributed by atoms with E-state index in [1.54, 1.807) is 0 Å². The highest BCUT2D eigenvalue weighted by atomic mass is 16.5. The second-order valence-electron chi connectivity index (χ2n) is 5.04. The minimum Gasteiger partial charge on any atom is -0.381 e. The average molecular weight is 261 g/mol. The van der Waals surface area contributed by atoms with E-state index in [4.69, 9.17) is 4.74 Å². The van der Waals surface area contributed by atoms with Crippen molar-refractivity contribution in [3.8, 4) is 0 Å². The van der Waals surface area contributed by atoms with Crippen LogP contribution in [0.1, 0.15) is 43.2 Å². The van der Waals surface area contributed by atoms with Crippen LogP contribution in [0.4, 0.5) is 0 Å². The van der Waals surface area contributed by atoms with Crippen LogP contribution in [0.5, 0.6) is 0 Å². The zero-order valence-electron chi connectivity index (χ0n) is 11.7. The molecular formula is C16H23NO2. The lowest BCUT2D eigenvalue weighted by Gasteiger charge is -2.25. The lowest BCUT2D eigenvalue weighted by atomic mass is 9.83. The van der Waals surface area contributed by atoms with Crippen molar-refractivity contribution in [2.75, 3.05) is 19.8 Å². The number of carbonyl (C=O) groups is 1. The summed E-state index contributed by atoms with van der Waals surface area (Å²) in [6.45, 7) is 3.88. The minimum atomic E-state index is 0.0940. The fourth-order valence-corrected chi connectivity index (χ4v) is 2.70. The maximum atomic E-state index is 11.7. The summed E-state index contributed by atoms with van der Waals surface area (Å²) in [7, 11) is 0. The molecular weight excluding hydrogens is 238 g/mol. The number of rotatable bonds is 6. The molecule has 0 fully saturated rings. The number of hydrogen-bond donors (Lipinski definition) is 1. The summed E-state index contributed by atoms with van der Waals surface area (Å²) in [6, 6.07) is 8.60. The van der Waals surface area contributed by atoms with E-state index in [1.165, 1.54) is 30.4 Å². The maximum Gasteiger partial charge on any atom is 0.222 e. The van der Waals surface area contributed by atoms with Gasteiger partial charge in [0.2, 0.25) is 5.91 Å². The molecule has 0 radical (unpaired) electrons. The molecule has 3 heteroatoms. The first-order valence-electron chi connectivity index (χ1n) is 7.23. The maximum absolute atomic E-state index is 11.7. The summed E-state index contributed by atoms with van der Waals surface area (Å²) < 4.78 is 5.19. The molecule has 2 rings (SSSR count). The molecule has 1 atom stereocenters. The van der Waals surface area contributed by atoms with E-state index in [9.17, 15) is 4.79 Å². The van der Waals surface area contributed by atoms with Gasteiger partial charge in [0.05, 0.1) is 6.61 Å². The number of amides is 1. The van der Waals surface area contributed by atoms with Gasteiger partial charge in [-0.3, -0.25) is 4.79 Å². The van der Waals surface area contributed by atoms with Gasteiger partial charge in [-0.2, -0.15) is 0 Å². The number of fused-ring (bicyclic) bond motifs is 1. The first kappa shape index (κ1) is 14.1. The Hall–Kier alpha value is -1.35. The van der Waals surface area contributed by atoms with Crippen molar-refractivity contribution in [3.63, 3.8) is 0 Å². The Morgan fingerprint density at radius 1 is 1.42 bits per heavy atom. The third kappa shape index (κ3) is 4.06. The van der Waals surface area contributed by atoms with Crippen LogP contribution in [-0.4, -0.2) is 25.7 Å². The van der Waals surface area contributed by atoms with Gasteiger partial charge < -0.3 is 10.1 Å². The molecule has 3 nitrogen and oxygen atoms in total. The van der Waals surface area contributed by atoms with Crippen molar-refractivity contribution in [3.05, 3.63) is 35.4 Å². The minimum absolute atomic E-state index is 0.0940. The molecule has 104 valence electrons. The van der Waals surface area contributed by atoms with Gasteiger partial charge in [-0.25, -0.2) is 0 Å². The van der Waals surface area contributed by atoms with Crippen LogP contribution in [0.25, 0.3) is 0 Å². The normalized spacial score (nSPS) is 17.8. The van der Waals surface area contributed by atoms with E-state index in [0.717, 1.165) is 6.54 Å². The highest BCUT2D eigenvalue weighted by Crippen LogP contribution is 2.30. The molecule has 19 heavy (non-hydrogen) atoms. The first-order chi connectivity index (χ1) is 9.31. The molecule has 0 unspecified atom stereocenters. The lowest BCUT2D eigenvalue weighted by molar-refractivity contribution is -0.122. The molecule has 0 aliphatic heterocycles. The first-order valence-corrected chi connectivity index (χ1v) is 7.23. The molecule has 0 spiro atoms. The van der Waals surface area contributed by atoms with Crippen molar-refractivity contribution in [2.24, 2.45) is 0 Å². The number of benzene rings is 1. The predicted molar refractivity (Wildman–Crippen MR) is 76.2 cm³/mol. The van der Waals surface area contributed by atoms with E-state index < -0.39 is 0 Å². The Morgan fingerprint density at radius 2 is 2.26 bits per heavy atom. The molecule has 0 bridgehead atoms. The molecule has 1 aliphatic carbocycles. The summed E-state index contributed by atoms with van der Waals surface area (Å²) in [5.41, 5.74) is 2.86. The molecule has 1 aromatic carbocycles. The van der Waals surface area contributed by atoms with E-state index in [0.29, 0.717) is 25.6 Å². The van der Waals surface area contributed by atoms with Gasteiger partial charge in [-0.05, 0) is 37.3 Å². The molecule has 0 aromatic heterocycles. The van der Waals surface area contributed by atoms with Gasteiger partial charge in [0.1, 0.15) is 0 Å². The van der Waals surface area contributed by atoms with E-state index in [1.807, 2.05) is 6.92 Å². The second kappa shape index (κ2) is 7.29. The van der Waals surface area contributed by atoms with Crippen LogP contribution >= 0.6 is 0 Å². The Labute approximate surface area is 115 Å². The molecule has 1 aliphatic rings. The van der Waals surface area contributed by atoms with Crippen molar-refractivity contribution in [1.29, 1.82) is 0 Å². The van der Waals surface area contributed by atoms with Gasteiger partial charge in [-0.1, -0.05) is 24.3 Å². The van der Waals surface area contributed by atoms with Crippen LogP contribution in [0, 0.1) is 0 Å². The molecule has 0 saturated heterocycles. The van der Waals surface area contributed by atoms with Crippen molar-refractivity contribution < 1.29 is 9.53 Å². The van der Waals surface area contributed by atoms with Crippen molar-refractivity contribution in [1.82, 2.24) is 5.32 Å². The Bertz CT molecular complexity index is 417. The average Bonchev–Trinajstić information content (AvgIpc) is 2.45. The fourth-order valence-electron chi connectivity index (χ4n) is 2.70. The SMILES string of the molecule is CCOCCC(=O)NC[C@H]1CCCc2ccccc21.